The van der Waals surface area contributed by atoms with Crippen LogP contribution in [-0.2, 0) is 16.8 Å². The number of benzene rings is 4. The lowest BCUT2D eigenvalue weighted by Gasteiger charge is -2.43. The first-order chi connectivity index (χ1) is 16.2. The molecule has 0 N–H and O–H groups in total. The molecule has 3 heteroatoms. The number of anilines is 1. The maximum absolute atomic E-state index is 6.43. The first kappa shape index (κ1) is 20.0. The van der Waals surface area contributed by atoms with E-state index in [1.165, 1.54) is 27.6 Å². The Hall–Kier alpha value is -3.59. The highest BCUT2D eigenvalue weighted by atomic mass is 16.7. The van der Waals surface area contributed by atoms with Gasteiger partial charge in [-0.2, -0.15) is 0 Å². The molecule has 2 atom stereocenters. The minimum atomic E-state index is -0.159. The highest BCUT2D eigenvalue weighted by Gasteiger charge is 2.57. The van der Waals surface area contributed by atoms with Crippen LogP contribution in [0.3, 0.4) is 0 Å². The Balaban J connectivity index is 1.48. The van der Waals surface area contributed by atoms with Crippen LogP contribution in [0.1, 0.15) is 37.0 Å². The first-order valence-corrected chi connectivity index (χ1v) is 11.8. The van der Waals surface area contributed by atoms with Crippen molar-refractivity contribution in [3.8, 4) is 0 Å². The fourth-order valence-electron chi connectivity index (χ4n) is 5.78. The van der Waals surface area contributed by atoms with E-state index in [1.54, 1.807) is 0 Å². The second-order valence-electron chi connectivity index (χ2n) is 9.52. The van der Waals surface area contributed by atoms with Gasteiger partial charge in [0.15, 0.2) is 0 Å². The van der Waals surface area contributed by atoms with Gasteiger partial charge in [-0.1, -0.05) is 110 Å². The maximum Gasteiger partial charge on any atom is 0.210 e. The van der Waals surface area contributed by atoms with Crippen molar-refractivity contribution >= 4 is 22.2 Å². The van der Waals surface area contributed by atoms with Crippen LogP contribution < -0.4 is 4.90 Å². The van der Waals surface area contributed by atoms with E-state index in [9.17, 15) is 0 Å². The van der Waals surface area contributed by atoms with E-state index in [-0.39, 0.29) is 11.6 Å². The number of fused-ring (bicyclic) bond motifs is 4. The molecular weight excluding hydrogens is 404 g/mol. The number of rotatable bonds is 4. The van der Waals surface area contributed by atoms with Crippen LogP contribution in [0.2, 0.25) is 0 Å². The van der Waals surface area contributed by atoms with Crippen molar-refractivity contribution in [3.63, 3.8) is 0 Å². The summed E-state index contributed by atoms with van der Waals surface area (Å²) in [6.07, 6.45) is 0.726. The standard InChI is InChI=1S/C30H28N2O/c1-21(2)30-19-27(23-12-4-3-5-13-23)31-33-29(30)32(28-18-9-8-17-26(28)30)20-24-15-10-14-22-11-6-7-16-25(22)24/h3-18,21,29H,19-20H2,1-2H3/t29-,30+/m1/s1. The molecule has 2 aliphatic heterocycles. The molecule has 0 aromatic heterocycles. The minimum absolute atomic E-state index is 0.138. The van der Waals surface area contributed by atoms with Gasteiger partial charge in [0.25, 0.3) is 0 Å². The third-order valence-electron chi connectivity index (χ3n) is 7.52. The van der Waals surface area contributed by atoms with Gasteiger partial charge >= 0.3 is 0 Å². The largest absolute Gasteiger partial charge is 0.369 e. The topological polar surface area (TPSA) is 24.8 Å². The van der Waals surface area contributed by atoms with E-state index < -0.39 is 0 Å². The van der Waals surface area contributed by atoms with Gasteiger partial charge in [0, 0.05) is 18.7 Å². The number of hydrogen-bond acceptors (Lipinski definition) is 3. The molecule has 164 valence electrons. The monoisotopic (exact) mass is 432 g/mol. The predicted molar refractivity (Wildman–Crippen MR) is 136 cm³/mol. The Morgan fingerprint density at radius 1 is 0.879 bits per heavy atom. The summed E-state index contributed by atoms with van der Waals surface area (Å²) >= 11 is 0. The van der Waals surface area contributed by atoms with Crippen LogP contribution in [-0.4, -0.2) is 11.9 Å². The van der Waals surface area contributed by atoms with Crippen molar-refractivity contribution in [1.82, 2.24) is 0 Å². The van der Waals surface area contributed by atoms with Crippen LogP contribution in [0.25, 0.3) is 10.8 Å². The van der Waals surface area contributed by atoms with E-state index in [0.717, 1.165) is 24.2 Å². The van der Waals surface area contributed by atoms with Crippen molar-refractivity contribution < 1.29 is 4.84 Å². The fraction of sp³-hybridized carbons (Fsp3) is 0.233. The molecule has 0 saturated carbocycles. The van der Waals surface area contributed by atoms with Crippen molar-refractivity contribution in [2.24, 2.45) is 11.1 Å². The number of hydrogen-bond donors (Lipinski definition) is 0. The van der Waals surface area contributed by atoms with E-state index in [0.29, 0.717) is 5.92 Å². The van der Waals surface area contributed by atoms with Crippen molar-refractivity contribution in [3.05, 3.63) is 114 Å². The minimum Gasteiger partial charge on any atom is -0.369 e. The predicted octanol–water partition coefficient (Wildman–Crippen LogP) is 6.90. The highest BCUT2D eigenvalue weighted by molar-refractivity contribution is 6.02. The molecule has 0 radical (unpaired) electrons. The summed E-state index contributed by atoms with van der Waals surface area (Å²) in [5.41, 5.74) is 5.95. The lowest BCUT2D eigenvalue weighted by Crippen LogP contribution is -2.52. The molecule has 2 heterocycles. The summed E-state index contributed by atoms with van der Waals surface area (Å²) in [5, 5.41) is 7.25. The van der Waals surface area contributed by atoms with Crippen molar-refractivity contribution in [2.75, 3.05) is 4.90 Å². The van der Waals surface area contributed by atoms with Crippen LogP contribution >= 0.6 is 0 Å². The first-order valence-electron chi connectivity index (χ1n) is 11.8. The fourth-order valence-corrected chi connectivity index (χ4v) is 5.78. The Morgan fingerprint density at radius 3 is 2.45 bits per heavy atom. The van der Waals surface area contributed by atoms with Crippen molar-refractivity contribution in [2.45, 2.75) is 38.5 Å². The average Bonchev–Trinajstić information content (AvgIpc) is 3.15. The van der Waals surface area contributed by atoms with Gasteiger partial charge in [-0.05, 0) is 39.4 Å². The molecule has 0 amide bonds. The van der Waals surface area contributed by atoms with Crippen LogP contribution in [0.15, 0.2) is 102 Å². The Labute approximate surface area is 195 Å². The van der Waals surface area contributed by atoms with E-state index in [4.69, 9.17) is 4.84 Å². The van der Waals surface area contributed by atoms with Gasteiger partial charge in [-0.15, -0.1) is 0 Å². The molecule has 6 rings (SSSR count). The summed E-state index contributed by atoms with van der Waals surface area (Å²) in [7, 11) is 0. The quantitative estimate of drug-likeness (QED) is 0.350. The summed E-state index contributed by atoms with van der Waals surface area (Å²) in [6.45, 7) is 5.43. The average molecular weight is 433 g/mol. The van der Waals surface area contributed by atoms with Crippen LogP contribution in [0, 0.1) is 5.92 Å². The molecule has 0 unspecified atom stereocenters. The summed E-state index contributed by atoms with van der Waals surface area (Å²) in [5.74, 6) is 0.385. The van der Waals surface area contributed by atoms with E-state index >= 15 is 0 Å². The molecule has 0 fully saturated rings. The molecule has 4 aromatic rings. The molecule has 0 aliphatic carbocycles. The van der Waals surface area contributed by atoms with Crippen LogP contribution in [0.5, 0.6) is 0 Å². The van der Waals surface area contributed by atoms with Gasteiger partial charge in [0.1, 0.15) is 0 Å². The molecule has 2 aliphatic rings. The summed E-state index contributed by atoms with van der Waals surface area (Å²) < 4.78 is 0. The zero-order valence-electron chi connectivity index (χ0n) is 19.1. The lowest BCUT2D eigenvalue weighted by molar-refractivity contribution is -0.0238. The molecular formula is C30H28N2O. The third kappa shape index (κ3) is 3.06. The van der Waals surface area contributed by atoms with Crippen molar-refractivity contribution in [1.29, 1.82) is 0 Å². The normalized spacial score (nSPS) is 21.5. The van der Waals surface area contributed by atoms with Gasteiger partial charge in [0.05, 0.1) is 11.1 Å². The third-order valence-corrected chi connectivity index (χ3v) is 7.52. The smallest absolute Gasteiger partial charge is 0.210 e. The van der Waals surface area contributed by atoms with Gasteiger partial charge in [-0.3, -0.25) is 0 Å². The second-order valence-corrected chi connectivity index (χ2v) is 9.52. The Bertz CT molecular complexity index is 1340. The summed E-state index contributed by atoms with van der Waals surface area (Å²) in [4.78, 5) is 8.86. The Kier molecular flexibility index (Phi) is 4.72. The number of oxime groups is 1. The molecule has 4 aromatic carbocycles. The molecule has 0 bridgehead atoms. The second kappa shape index (κ2) is 7.77. The molecule has 3 nitrogen and oxygen atoms in total. The zero-order valence-corrected chi connectivity index (χ0v) is 19.1. The molecule has 33 heavy (non-hydrogen) atoms. The zero-order chi connectivity index (χ0) is 22.4. The molecule has 0 spiro atoms. The van der Waals surface area contributed by atoms with E-state index in [1.807, 2.05) is 6.07 Å². The van der Waals surface area contributed by atoms with Gasteiger partial charge in [0.2, 0.25) is 6.23 Å². The molecule has 0 saturated heterocycles. The van der Waals surface area contributed by atoms with E-state index in [2.05, 4.69) is 115 Å². The van der Waals surface area contributed by atoms with Gasteiger partial charge < -0.3 is 9.74 Å². The number of para-hydroxylation sites is 1. The Morgan fingerprint density at radius 2 is 1.61 bits per heavy atom. The highest BCUT2D eigenvalue weighted by Crippen LogP contribution is 2.54. The number of nitrogens with zero attached hydrogens (tertiary/aromatic N) is 2. The SMILES string of the molecule is CC(C)[C@]12CC(c3ccccc3)=NO[C@H]1N(Cc1cccc3ccccc13)c1ccccc12. The van der Waals surface area contributed by atoms with Crippen LogP contribution in [0.4, 0.5) is 5.69 Å². The summed E-state index contributed by atoms with van der Waals surface area (Å²) in [6, 6.07) is 34.5. The van der Waals surface area contributed by atoms with Gasteiger partial charge in [-0.25, -0.2) is 0 Å². The maximum atomic E-state index is 6.43. The lowest BCUT2D eigenvalue weighted by atomic mass is 9.67.